The largest absolute Gasteiger partial charge is 0.463 e. The second kappa shape index (κ2) is 24.0. The second-order valence-electron chi connectivity index (χ2n) is 23.9. The van der Waals surface area contributed by atoms with Crippen molar-refractivity contribution >= 4 is 11.9 Å². The number of carbonyl (C=O) groups excluding carboxylic acids is 2. The van der Waals surface area contributed by atoms with Crippen molar-refractivity contribution in [2.45, 2.75) is 246 Å². The Morgan fingerprint density at radius 3 is 1.94 bits per heavy atom. The fourth-order valence-electron chi connectivity index (χ4n) is 15.3. The van der Waals surface area contributed by atoms with Gasteiger partial charge in [-0.05, 0) is 90.2 Å². The van der Waals surface area contributed by atoms with Crippen LogP contribution in [0.4, 0.5) is 0 Å². The first-order valence-electron chi connectivity index (χ1n) is 28.2. The predicted octanol–water partition coefficient (Wildman–Crippen LogP) is 2.34. The number of hydrogen-bond donors (Lipinski definition) is 7. The Balaban J connectivity index is 0.819. The Labute approximate surface area is 462 Å². The lowest BCUT2D eigenvalue weighted by Crippen LogP contribution is -2.75. The molecular formula is C57H86O22. The lowest BCUT2D eigenvalue weighted by atomic mass is 9.42. The molecule has 0 spiro atoms. The molecule has 22 nitrogen and oxygen atoms in total. The van der Waals surface area contributed by atoms with E-state index in [1.54, 1.807) is 45.2 Å². The van der Waals surface area contributed by atoms with E-state index in [4.69, 9.17) is 61.6 Å². The summed E-state index contributed by atoms with van der Waals surface area (Å²) in [5, 5.41) is 78.7. The van der Waals surface area contributed by atoms with E-state index in [-0.39, 0.29) is 25.4 Å². The Morgan fingerprint density at radius 1 is 0.709 bits per heavy atom. The van der Waals surface area contributed by atoms with E-state index >= 15 is 0 Å². The van der Waals surface area contributed by atoms with Crippen LogP contribution in [0.15, 0.2) is 42.0 Å². The standard InChI is InChI=1S/C57H86O22/c1-27(70-31(5)59)35-18-21-57(66)55(35,7)40(76-51(64)32-14-12-11-13-15-32)25-39-54(6)19-17-34(22-33(54)16-20-56(39,57)65)74-41-23-36(67-8)47(28(2)71-41)77-42-24-37(68-9)48(29(3)72-42)78-53-46(63)50(69-10)49(30(4)73-53)79-52-45(62)44(61)43(60)38(26-58)75-52/h11-16,27-30,34-50,52-53,58,60-63,65-66H,17-26H2,1-10H3. The quantitative estimate of drug-likeness (QED) is 0.0923. The predicted molar refractivity (Wildman–Crippen MR) is 274 cm³/mol. The van der Waals surface area contributed by atoms with Gasteiger partial charge in [0.1, 0.15) is 78.3 Å². The summed E-state index contributed by atoms with van der Waals surface area (Å²) in [7, 11) is 4.52. The topological polar surface area (TPSA) is 296 Å². The normalized spacial score (nSPS) is 48.4. The lowest BCUT2D eigenvalue weighted by molar-refractivity contribution is -0.373. The van der Waals surface area contributed by atoms with Gasteiger partial charge in [-0.2, -0.15) is 0 Å². The monoisotopic (exact) mass is 1120 g/mol. The zero-order chi connectivity index (χ0) is 57.1. The average molecular weight is 1120 g/mol. The molecule has 7 N–H and O–H groups in total. The van der Waals surface area contributed by atoms with E-state index in [2.05, 4.69) is 13.0 Å². The van der Waals surface area contributed by atoms with Crippen LogP contribution in [-0.4, -0.2) is 216 Å². The van der Waals surface area contributed by atoms with Crippen molar-refractivity contribution in [1.82, 2.24) is 0 Å². The van der Waals surface area contributed by atoms with E-state index in [1.807, 2.05) is 26.8 Å². The van der Waals surface area contributed by atoms with Crippen LogP contribution in [0, 0.1) is 22.7 Å². The van der Waals surface area contributed by atoms with Crippen molar-refractivity contribution in [2.24, 2.45) is 22.7 Å². The molecule has 0 amide bonds. The average Bonchev–Trinajstić information content (AvgIpc) is 4.00. The summed E-state index contributed by atoms with van der Waals surface area (Å²) in [5.41, 5.74) is -3.51. The molecule has 27 atom stereocenters. The molecule has 8 aliphatic rings. The number of methoxy groups -OCH3 is 3. The maximum absolute atomic E-state index is 13.9. The fraction of sp³-hybridized carbons (Fsp3) is 0.825. The molecule has 0 aromatic heterocycles. The molecule has 3 saturated carbocycles. The number of hydrogen-bond acceptors (Lipinski definition) is 22. The minimum Gasteiger partial charge on any atom is -0.463 e. The van der Waals surface area contributed by atoms with Gasteiger partial charge in [0.2, 0.25) is 0 Å². The molecule has 27 unspecified atom stereocenters. The molecule has 0 radical (unpaired) electrons. The number of benzene rings is 1. The highest BCUT2D eigenvalue weighted by Crippen LogP contribution is 2.70. The van der Waals surface area contributed by atoms with E-state index in [0.29, 0.717) is 44.1 Å². The SMILES string of the molecule is COC1CC(OC2CCC3(C)C(=CCC4(O)C3CC(OC(=O)c3ccccc3)C3(C)C(C(C)OC(C)=O)CCC43O)C2)OC(C)C1OC1CC(OC)C(OC2OC(C)C(OC3OC(CO)C(O)C(O)C3O)C(OC)C2O)C(C)O1. The molecule has 446 valence electrons. The van der Waals surface area contributed by atoms with Gasteiger partial charge in [-0.15, -0.1) is 0 Å². The number of carbonyl (C=O) groups is 2. The number of fused-ring (bicyclic) bond motifs is 5. The first-order chi connectivity index (χ1) is 37.5. The number of aliphatic hydroxyl groups is 7. The molecule has 1 aromatic rings. The Bertz CT molecular complexity index is 2270. The fourth-order valence-corrected chi connectivity index (χ4v) is 15.3. The molecular weight excluding hydrogens is 1040 g/mol. The molecule has 4 aliphatic carbocycles. The van der Waals surface area contributed by atoms with Gasteiger partial charge in [0.15, 0.2) is 25.2 Å². The van der Waals surface area contributed by atoms with Crippen LogP contribution in [-0.2, 0) is 66.4 Å². The minimum absolute atomic E-state index is 0.187. The third kappa shape index (κ3) is 11.0. The molecule has 4 heterocycles. The first-order valence-corrected chi connectivity index (χ1v) is 28.2. The van der Waals surface area contributed by atoms with Crippen LogP contribution in [0.1, 0.15) is 117 Å². The van der Waals surface area contributed by atoms with E-state index in [9.17, 15) is 45.3 Å². The van der Waals surface area contributed by atoms with Crippen molar-refractivity contribution < 1.29 is 107 Å². The minimum atomic E-state index is -1.68. The first kappa shape index (κ1) is 60.8. The highest BCUT2D eigenvalue weighted by molar-refractivity contribution is 5.89. The van der Waals surface area contributed by atoms with E-state index in [1.165, 1.54) is 21.1 Å². The molecule has 22 heteroatoms. The van der Waals surface area contributed by atoms with Crippen LogP contribution >= 0.6 is 0 Å². The highest BCUT2D eigenvalue weighted by atomic mass is 16.8. The summed E-state index contributed by atoms with van der Waals surface area (Å²) < 4.78 is 80.3. The van der Waals surface area contributed by atoms with Crippen LogP contribution < -0.4 is 0 Å². The number of ether oxygens (including phenoxy) is 13. The van der Waals surface area contributed by atoms with Gasteiger partial charge in [0, 0.05) is 58.3 Å². The lowest BCUT2D eigenvalue weighted by Gasteiger charge is -2.66. The Morgan fingerprint density at radius 2 is 1.32 bits per heavy atom. The van der Waals surface area contributed by atoms with Gasteiger partial charge < -0.3 is 97.3 Å². The van der Waals surface area contributed by atoms with Gasteiger partial charge in [-0.1, -0.05) is 43.7 Å². The van der Waals surface area contributed by atoms with Crippen LogP contribution in [0.3, 0.4) is 0 Å². The summed E-state index contributed by atoms with van der Waals surface area (Å²) >= 11 is 0. The van der Waals surface area contributed by atoms with Gasteiger partial charge in [0.25, 0.3) is 0 Å². The number of esters is 2. The summed E-state index contributed by atoms with van der Waals surface area (Å²) in [6.07, 6.45) is -14.2. The molecule has 4 saturated heterocycles. The smallest absolute Gasteiger partial charge is 0.338 e. The molecule has 7 fully saturated rings. The molecule has 9 rings (SSSR count). The summed E-state index contributed by atoms with van der Waals surface area (Å²) in [6.45, 7) is 11.9. The maximum atomic E-state index is 13.9. The van der Waals surface area contributed by atoms with Crippen molar-refractivity contribution in [3.8, 4) is 0 Å². The maximum Gasteiger partial charge on any atom is 0.338 e. The molecule has 4 aliphatic heterocycles. The summed E-state index contributed by atoms with van der Waals surface area (Å²) in [4.78, 5) is 26.1. The third-order valence-electron chi connectivity index (χ3n) is 19.6. The Hall–Kier alpha value is -2.82. The van der Waals surface area contributed by atoms with Crippen molar-refractivity contribution in [1.29, 1.82) is 0 Å². The van der Waals surface area contributed by atoms with E-state index < -0.39 is 175 Å². The second-order valence-corrected chi connectivity index (χ2v) is 23.9. The van der Waals surface area contributed by atoms with Gasteiger partial charge in [-0.3, -0.25) is 4.79 Å². The van der Waals surface area contributed by atoms with Gasteiger partial charge in [0.05, 0.1) is 48.8 Å². The molecule has 1 aromatic carbocycles. The molecule has 0 bridgehead atoms. The summed E-state index contributed by atoms with van der Waals surface area (Å²) in [5.74, 6) is -1.85. The highest BCUT2D eigenvalue weighted by Gasteiger charge is 2.77. The zero-order valence-corrected chi connectivity index (χ0v) is 47.1. The van der Waals surface area contributed by atoms with Crippen LogP contribution in [0.5, 0.6) is 0 Å². The molecule has 79 heavy (non-hydrogen) atoms. The van der Waals surface area contributed by atoms with E-state index in [0.717, 1.165) is 5.57 Å². The number of aliphatic hydroxyl groups excluding tert-OH is 5. The van der Waals surface area contributed by atoms with Crippen molar-refractivity contribution in [3.63, 3.8) is 0 Å². The van der Waals surface area contributed by atoms with Crippen molar-refractivity contribution in [2.75, 3.05) is 27.9 Å². The van der Waals surface area contributed by atoms with Crippen LogP contribution in [0.25, 0.3) is 0 Å². The Kier molecular flexibility index (Phi) is 18.5. The summed E-state index contributed by atoms with van der Waals surface area (Å²) in [6, 6.07) is 8.75. The zero-order valence-electron chi connectivity index (χ0n) is 47.1. The third-order valence-corrected chi connectivity index (χ3v) is 19.6. The van der Waals surface area contributed by atoms with Crippen molar-refractivity contribution in [3.05, 3.63) is 47.5 Å². The number of rotatable bonds is 16. The van der Waals surface area contributed by atoms with Crippen LogP contribution in [0.2, 0.25) is 0 Å². The van der Waals surface area contributed by atoms with Gasteiger partial charge >= 0.3 is 11.9 Å². The van der Waals surface area contributed by atoms with Gasteiger partial charge in [-0.25, -0.2) is 4.79 Å².